The first-order valence-electron chi connectivity index (χ1n) is 7.49. The van der Waals surface area contributed by atoms with Gasteiger partial charge in [0.15, 0.2) is 18.1 Å². The highest BCUT2D eigenvalue weighted by atomic mass is 16.5. The molecule has 1 aliphatic rings. The van der Waals surface area contributed by atoms with Crippen molar-refractivity contribution in [2.45, 2.75) is 13.8 Å². The molecule has 0 aliphatic carbocycles. The molecule has 0 radical (unpaired) electrons. The fourth-order valence-corrected chi connectivity index (χ4v) is 2.35. The van der Waals surface area contributed by atoms with Crippen molar-refractivity contribution in [1.29, 1.82) is 0 Å². The SMILES string of the molecule is CCOc1ccccc1OCC(=O)N1CCN(C(C)=O)CC1. The van der Waals surface area contributed by atoms with Gasteiger partial charge < -0.3 is 19.3 Å². The summed E-state index contributed by atoms with van der Waals surface area (Å²) in [4.78, 5) is 26.9. The van der Waals surface area contributed by atoms with Crippen molar-refractivity contribution < 1.29 is 19.1 Å². The minimum absolute atomic E-state index is 0.0237. The van der Waals surface area contributed by atoms with E-state index in [0.717, 1.165) is 0 Å². The van der Waals surface area contributed by atoms with Gasteiger partial charge in [0, 0.05) is 33.1 Å². The molecule has 2 amide bonds. The van der Waals surface area contributed by atoms with Crippen molar-refractivity contribution in [2.24, 2.45) is 0 Å². The molecule has 0 spiro atoms. The van der Waals surface area contributed by atoms with Crippen LogP contribution in [-0.4, -0.2) is 61.0 Å². The van der Waals surface area contributed by atoms with E-state index in [9.17, 15) is 9.59 Å². The van der Waals surface area contributed by atoms with Crippen LogP contribution < -0.4 is 9.47 Å². The minimum Gasteiger partial charge on any atom is -0.490 e. The molecule has 0 aromatic heterocycles. The molecule has 0 atom stereocenters. The van der Waals surface area contributed by atoms with Crippen molar-refractivity contribution in [3.8, 4) is 11.5 Å². The molecule has 6 heteroatoms. The summed E-state index contributed by atoms with van der Waals surface area (Å²) in [6.45, 7) is 6.23. The van der Waals surface area contributed by atoms with E-state index in [1.807, 2.05) is 25.1 Å². The molecule has 1 aromatic carbocycles. The maximum absolute atomic E-state index is 12.2. The van der Waals surface area contributed by atoms with Gasteiger partial charge in [-0.3, -0.25) is 9.59 Å². The van der Waals surface area contributed by atoms with E-state index >= 15 is 0 Å². The Balaban J connectivity index is 1.85. The third-order valence-corrected chi connectivity index (χ3v) is 3.58. The third kappa shape index (κ3) is 4.13. The molecule has 22 heavy (non-hydrogen) atoms. The molecule has 0 saturated carbocycles. The first-order chi connectivity index (χ1) is 10.6. The van der Waals surface area contributed by atoms with E-state index in [2.05, 4.69) is 0 Å². The van der Waals surface area contributed by atoms with E-state index in [0.29, 0.717) is 44.3 Å². The monoisotopic (exact) mass is 306 g/mol. The first-order valence-corrected chi connectivity index (χ1v) is 7.49. The second-order valence-electron chi connectivity index (χ2n) is 5.06. The van der Waals surface area contributed by atoms with Crippen molar-refractivity contribution in [3.05, 3.63) is 24.3 Å². The number of hydrogen-bond acceptors (Lipinski definition) is 4. The lowest BCUT2D eigenvalue weighted by Gasteiger charge is -2.34. The topological polar surface area (TPSA) is 59.1 Å². The molecule has 1 heterocycles. The Kier molecular flexibility index (Phi) is 5.63. The van der Waals surface area contributed by atoms with Gasteiger partial charge >= 0.3 is 0 Å². The third-order valence-electron chi connectivity index (χ3n) is 3.58. The Bertz CT molecular complexity index is 525. The number of ether oxygens (including phenoxy) is 2. The van der Waals surface area contributed by atoms with E-state index in [-0.39, 0.29) is 18.4 Å². The summed E-state index contributed by atoms with van der Waals surface area (Å²) >= 11 is 0. The number of nitrogens with zero attached hydrogens (tertiary/aromatic N) is 2. The fourth-order valence-electron chi connectivity index (χ4n) is 2.35. The highest BCUT2D eigenvalue weighted by molar-refractivity contribution is 5.78. The quantitative estimate of drug-likeness (QED) is 0.819. The van der Waals surface area contributed by atoms with Gasteiger partial charge in [-0.25, -0.2) is 0 Å². The number of carbonyl (C=O) groups excluding carboxylic acids is 2. The summed E-state index contributed by atoms with van der Waals surface area (Å²) in [7, 11) is 0. The molecule has 1 aliphatic heterocycles. The largest absolute Gasteiger partial charge is 0.490 e. The number of para-hydroxylation sites is 2. The summed E-state index contributed by atoms with van der Waals surface area (Å²) in [5.74, 6) is 1.18. The summed E-state index contributed by atoms with van der Waals surface area (Å²) in [6, 6.07) is 7.30. The predicted molar refractivity (Wildman–Crippen MR) is 81.9 cm³/mol. The highest BCUT2D eigenvalue weighted by Crippen LogP contribution is 2.26. The Morgan fingerprint density at radius 1 is 1.00 bits per heavy atom. The predicted octanol–water partition coefficient (Wildman–Crippen LogP) is 1.15. The van der Waals surface area contributed by atoms with E-state index < -0.39 is 0 Å². The van der Waals surface area contributed by atoms with Crippen LogP contribution in [0.25, 0.3) is 0 Å². The van der Waals surface area contributed by atoms with Crippen molar-refractivity contribution >= 4 is 11.8 Å². The Morgan fingerprint density at radius 2 is 1.55 bits per heavy atom. The zero-order chi connectivity index (χ0) is 15.9. The maximum Gasteiger partial charge on any atom is 0.260 e. The van der Waals surface area contributed by atoms with Gasteiger partial charge in [-0.15, -0.1) is 0 Å². The van der Waals surface area contributed by atoms with Crippen LogP contribution in [0.4, 0.5) is 0 Å². The molecule has 6 nitrogen and oxygen atoms in total. The van der Waals surface area contributed by atoms with Gasteiger partial charge in [-0.1, -0.05) is 12.1 Å². The number of benzene rings is 1. The maximum atomic E-state index is 12.2. The van der Waals surface area contributed by atoms with Gasteiger partial charge in [-0.2, -0.15) is 0 Å². The molecule has 1 fully saturated rings. The highest BCUT2D eigenvalue weighted by Gasteiger charge is 2.22. The lowest BCUT2D eigenvalue weighted by atomic mass is 10.3. The zero-order valence-electron chi connectivity index (χ0n) is 13.1. The molecule has 0 N–H and O–H groups in total. The smallest absolute Gasteiger partial charge is 0.260 e. The Hall–Kier alpha value is -2.24. The minimum atomic E-state index is -0.0745. The van der Waals surface area contributed by atoms with E-state index in [1.54, 1.807) is 22.8 Å². The molecular weight excluding hydrogens is 284 g/mol. The summed E-state index contributed by atoms with van der Waals surface area (Å²) < 4.78 is 11.0. The molecule has 1 aromatic rings. The van der Waals surface area contributed by atoms with Crippen LogP contribution in [0.5, 0.6) is 11.5 Å². The number of piperazine rings is 1. The zero-order valence-corrected chi connectivity index (χ0v) is 13.1. The van der Waals surface area contributed by atoms with Crippen LogP contribution in [0, 0.1) is 0 Å². The number of amides is 2. The van der Waals surface area contributed by atoms with Crippen molar-refractivity contribution in [3.63, 3.8) is 0 Å². The van der Waals surface area contributed by atoms with Gasteiger partial charge in [0.05, 0.1) is 6.61 Å². The van der Waals surface area contributed by atoms with Gasteiger partial charge in [-0.05, 0) is 19.1 Å². The van der Waals surface area contributed by atoms with Gasteiger partial charge in [0.1, 0.15) is 0 Å². The second kappa shape index (κ2) is 7.68. The van der Waals surface area contributed by atoms with Crippen LogP contribution in [0.1, 0.15) is 13.8 Å². The molecule has 0 bridgehead atoms. The first kappa shape index (κ1) is 16.1. The lowest BCUT2D eigenvalue weighted by Crippen LogP contribution is -2.51. The summed E-state index contributed by atoms with van der Waals surface area (Å²) in [5, 5.41) is 0. The van der Waals surface area contributed by atoms with Gasteiger partial charge in [0.2, 0.25) is 5.91 Å². The van der Waals surface area contributed by atoms with Crippen LogP contribution >= 0.6 is 0 Å². The summed E-state index contributed by atoms with van der Waals surface area (Å²) in [6.07, 6.45) is 0. The van der Waals surface area contributed by atoms with Crippen molar-refractivity contribution in [1.82, 2.24) is 9.80 Å². The fraction of sp³-hybridized carbons (Fsp3) is 0.500. The number of carbonyl (C=O) groups is 2. The van der Waals surface area contributed by atoms with Crippen molar-refractivity contribution in [2.75, 3.05) is 39.4 Å². The standard InChI is InChI=1S/C16H22N2O4/c1-3-21-14-6-4-5-7-15(14)22-12-16(20)18-10-8-17(9-11-18)13(2)19/h4-7H,3,8-12H2,1-2H3. The Labute approximate surface area is 130 Å². The molecule has 1 saturated heterocycles. The van der Waals surface area contributed by atoms with Crippen LogP contribution in [-0.2, 0) is 9.59 Å². The van der Waals surface area contributed by atoms with Gasteiger partial charge in [0.25, 0.3) is 5.91 Å². The number of rotatable bonds is 5. The molecule has 120 valence electrons. The van der Waals surface area contributed by atoms with Crippen LogP contribution in [0.2, 0.25) is 0 Å². The second-order valence-corrected chi connectivity index (χ2v) is 5.06. The van der Waals surface area contributed by atoms with E-state index in [4.69, 9.17) is 9.47 Å². The molecular formula is C16H22N2O4. The molecule has 2 rings (SSSR count). The van der Waals surface area contributed by atoms with Crippen LogP contribution in [0.15, 0.2) is 24.3 Å². The molecule has 0 unspecified atom stereocenters. The Morgan fingerprint density at radius 3 is 2.09 bits per heavy atom. The normalized spacial score (nSPS) is 14.6. The number of hydrogen-bond donors (Lipinski definition) is 0. The summed E-state index contributed by atoms with van der Waals surface area (Å²) in [5.41, 5.74) is 0. The average molecular weight is 306 g/mol. The van der Waals surface area contributed by atoms with Crippen LogP contribution in [0.3, 0.4) is 0 Å². The lowest BCUT2D eigenvalue weighted by molar-refractivity contribution is -0.139. The average Bonchev–Trinajstić information content (AvgIpc) is 2.54. The van der Waals surface area contributed by atoms with E-state index in [1.165, 1.54) is 0 Å².